The monoisotopic (exact) mass is 456 g/mol. The fourth-order valence-electron chi connectivity index (χ4n) is 2.20. The van der Waals surface area contributed by atoms with Gasteiger partial charge in [-0.25, -0.2) is 0 Å². The topological polar surface area (TPSA) is 80.3 Å². The zero-order valence-electron chi connectivity index (χ0n) is 12.9. The van der Waals surface area contributed by atoms with E-state index in [9.17, 15) is 9.70 Å². The fourth-order valence-corrected chi connectivity index (χ4v) is 3.27. The predicted octanol–water partition coefficient (Wildman–Crippen LogP) is 2.89. The molecule has 2 heterocycles. The Morgan fingerprint density at radius 1 is 1.00 bits per heavy atom. The van der Waals surface area contributed by atoms with Crippen molar-refractivity contribution >= 4 is 37.8 Å². The molecule has 2 aromatic rings. The zero-order chi connectivity index (χ0) is 17.5. The highest BCUT2D eigenvalue weighted by atomic mass is 79.9. The highest BCUT2D eigenvalue weighted by Crippen LogP contribution is 2.22. The third kappa shape index (κ3) is 5.17. The summed E-state index contributed by atoms with van der Waals surface area (Å²) in [5.74, 6) is -0.432. The van der Waals surface area contributed by atoms with Crippen molar-refractivity contribution in [1.82, 2.24) is 0 Å². The largest absolute Gasteiger partial charge is 0.366 e. The second kappa shape index (κ2) is 8.98. The fraction of sp³-hybridized carbons (Fsp3) is 0.312. The number of hydrogen-bond donors (Lipinski definition) is 1. The first kappa shape index (κ1) is 18.7. The number of pyridine rings is 2. The van der Waals surface area contributed by atoms with Crippen LogP contribution in [0.25, 0.3) is 0 Å². The van der Waals surface area contributed by atoms with Crippen molar-refractivity contribution in [1.29, 1.82) is 0 Å². The summed E-state index contributed by atoms with van der Waals surface area (Å²) in [7, 11) is 0. The predicted molar refractivity (Wildman–Crippen MR) is 96.5 cm³/mol. The zero-order valence-corrected chi connectivity index (χ0v) is 16.1. The molecule has 0 aliphatic heterocycles. The summed E-state index contributed by atoms with van der Waals surface area (Å²) in [5, 5.41) is 2.88. The summed E-state index contributed by atoms with van der Waals surface area (Å²) in [5.41, 5.74) is 6.62. The van der Waals surface area contributed by atoms with E-state index in [2.05, 4.69) is 37.0 Å². The molecule has 6 nitrogen and oxygen atoms in total. The first-order valence-corrected chi connectivity index (χ1v) is 9.22. The summed E-state index contributed by atoms with van der Waals surface area (Å²) in [6.07, 6.45) is 9.28. The molecule has 24 heavy (non-hydrogen) atoms. The number of primary amides is 1. The van der Waals surface area contributed by atoms with Crippen LogP contribution in [0.4, 0.5) is 0 Å². The molecule has 0 saturated carbocycles. The van der Waals surface area contributed by atoms with Crippen LogP contribution in [-0.2, 0) is 6.54 Å². The summed E-state index contributed by atoms with van der Waals surface area (Å²) in [4.78, 5) is 21.6. The molecule has 0 aliphatic carbocycles. The minimum atomic E-state index is -0.432. The third-order valence-electron chi connectivity index (χ3n) is 3.60. The van der Waals surface area contributed by atoms with Gasteiger partial charge in [-0.05, 0) is 37.4 Å². The standard InChI is InChI=1S/C16H17Br2N4O2/c17-14(21-7-3-12(4-8-21)11-20-24)1-2-15(18)22-9-5-13(6-10-22)16(19)23/h3-10,14-15H,1-2,11H2,(H-,19,23)/q+1/p+1. The van der Waals surface area contributed by atoms with E-state index in [0.717, 1.165) is 18.4 Å². The van der Waals surface area contributed by atoms with Crippen LogP contribution in [0.2, 0.25) is 0 Å². The van der Waals surface area contributed by atoms with Gasteiger partial charge in [-0.1, -0.05) is 5.18 Å². The molecule has 1 amide bonds. The molecule has 2 unspecified atom stereocenters. The average molecular weight is 458 g/mol. The maximum Gasteiger partial charge on any atom is 0.249 e. The van der Waals surface area contributed by atoms with Crippen LogP contribution in [0.5, 0.6) is 0 Å². The quantitative estimate of drug-likeness (QED) is 0.375. The van der Waals surface area contributed by atoms with Crippen LogP contribution < -0.4 is 14.9 Å². The maximum absolute atomic E-state index is 11.1. The van der Waals surface area contributed by atoms with Gasteiger partial charge in [0.15, 0.2) is 24.8 Å². The third-order valence-corrected chi connectivity index (χ3v) is 5.46. The normalized spacial score (nSPS) is 13.2. The number of carbonyl (C=O) groups is 1. The van der Waals surface area contributed by atoms with Gasteiger partial charge in [-0.15, -0.1) is 0 Å². The van der Waals surface area contributed by atoms with E-state index in [1.165, 1.54) is 0 Å². The van der Waals surface area contributed by atoms with Crippen molar-refractivity contribution in [2.75, 3.05) is 0 Å². The van der Waals surface area contributed by atoms with Gasteiger partial charge < -0.3 is 5.73 Å². The Balaban J connectivity index is 1.91. The number of nitrogens with two attached hydrogens (primary N) is 1. The second-order valence-electron chi connectivity index (χ2n) is 5.29. The number of nitrogens with zero attached hydrogens (tertiary/aromatic N) is 3. The molecular weight excluding hydrogens is 440 g/mol. The summed E-state index contributed by atoms with van der Waals surface area (Å²) >= 11 is 7.32. The molecule has 0 radical (unpaired) electrons. The van der Waals surface area contributed by atoms with Crippen molar-refractivity contribution in [2.24, 2.45) is 10.9 Å². The maximum atomic E-state index is 11.1. The van der Waals surface area contributed by atoms with E-state index in [4.69, 9.17) is 5.73 Å². The Morgan fingerprint density at radius 2 is 1.46 bits per heavy atom. The number of halogens is 2. The van der Waals surface area contributed by atoms with Gasteiger partial charge in [0.05, 0.1) is 5.56 Å². The molecule has 2 N–H and O–H groups in total. The lowest BCUT2D eigenvalue weighted by atomic mass is 10.2. The number of nitroso groups, excluding NO2 is 1. The second-order valence-corrected chi connectivity index (χ2v) is 7.40. The summed E-state index contributed by atoms with van der Waals surface area (Å²) < 4.78 is 4.02. The number of rotatable bonds is 8. The summed E-state index contributed by atoms with van der Waals surface area (Å²) in [6.45, 7) is 0.190. The smallest absolute Gasteiger partial charge is 0.249 e. The molecular formula is C16H18Br2N4O2+2. The van der Waals surface area contributed by atoms with Gasteiger partial charge in [0.25, 0.3) is 0 Å². The van der Waals surface area contributed by atoms with E-state index < -0.39 is 5.91 Å². The van der Waals surface area contributed by atoms with Crippen molar-refractivity contribution in [2.45, 2.75) is 29.3 Å². The van der Waals surface area contributed by atoms with Crippen molar-refractivity contribution in [3.05, 3.63) is 65.1 Å². The molecule has 0 bridgehead atoms. The summed E-state index contributed by atoms with van der Waals surface area (Å²) in [6, 6.07) is 7.19. The first-order valence-electron chi connectivity index (χ1n) is 7.39. The minimum absolute atomic E-state index is 0.110. The molecule has 0 aromatic carbocycles. The van der Waals surface area contributed by atoms with Crippen molar-refractivity contribution < 1.29 is 13.9 Å². The number of hydrogen-bond acceptors (Lipinski definition) is 3. The van der Waals surface area contributed by atoms with Crippen LogP contribution in [0.15, 0.2) is 54.2 Å². The molecule has 126 valence electrons. The van der Waals surface area contributed by atoms with E-state index in [1.54, 1.807) is 12.1 Å². The molecule has 0 aliphatic rings. The molecule has 2 atom stereocenters. The highest BCUT2D eigenvalue weighted by molar-refractivity contribution is 9.09. The van der Waals surface area contributed by atoms with Gasteiger partial charge in [-0.3, -0.25) is 4.79 Å². The van der Waals surface area contributed by atoms with Crippen molar-refractivity contribution in [3.8, 4) is 0 Å². The van der Waals surface area contributed by atoms with E-state index >= 15 is 0 Å². The van der Waals surface area contributed by atoms with Gasteiger partial charge in [0.2, 0.25) is 15.8 Å². The lowest BCUT2D eigenvalue weighted by Gasteiger charge is -2.08. The highest BCUT2D eigenvalue weighted by Gasteiger charge is 2.21. The molecule has 8 heteroatoms. The Bertz CT molecular complexity index is 692. The number of aromatic nitrogens is 2. The van der Waals surface area contributed by atoms with Gasteiger partial charge in [-0.2, -0.15) is 14.0 Å². The Kier molecular flexibility index (Phi) is 6.99. The van der Waals surface area contributed by atoms with Gasteiger partial charge in [0, 0.05) is 37.1 Å². The van der Waals surface area contributed by atoms with Crippen LogP contribution in [0.3, 0.4) is 0 Å². The molecule has 2 rings (SSSR count). The van der Waals surface area contributed by atoms with E-state index in [1.807, 2.05) is 46.1 Å². The molecule has 0 spiro atoms. The van der Waals surface area contributed by atoms with Crippen LogP contribution in [-0.4, -0.2) is 5.91 Å². The Morgan fingerprint density at radius 3 is 1.88 bits per heavy atom. The lowest BCUT2D eigenvalue weighted by Crippen LogP contribution is -2.38. The van der Waals surface area contributed by atoms with Crippen LogP contribution >= 0.6 is 31.9 Å². The Hall–Kier alpha value is -1.67. The van der Waals surface area contributed by atoms with Gasteiger partial charge >= 0.3 is 0 Å². The van der Waals surface area contributed by atoms with Crippen LogP contribution in [0.1, 0.15) is 38.7 Å². The minimum Gasteiger partial charge on any atom is -0.366 e. The lowest BCUT2D eigenvalue weighted by molar-refractivity contribution is -0.709. The first-order chi connectivity index (χ1) is 11.5. The number of carbonyl (C=O) groups excluding carboxylic acids is 1. The number of amides is 1. The average Bonchev–Trinajstić information content (AvgIpc) is 2.60. The SMILES string of the molecule is NC(=O)c1cc[n+](C(Br)CCC(Br)[n+]2ccc(CN=O)cc2)cc1. The molecule has 2 aromatic heterocycles. The van der Waals surface area contributed by atoms with Crippen molar-refractivity contribution in [3.63, 3.8) is 0 Å². The number of alkyl halides is 2. The molecule has 0 saturated heterocycles. The molecule has 0 fully saturated rings. The van der Waals surface area contributed by atoms with E-state index in [-0.39, 0.29) is 16.4 Å². The Labute approximate surface area is 156 Å². The van der Waals surface area contributed by atoms with E-state index in [0.29, 0.717) is 5.56 Å². The van der Waals surface area contributed by atoms with Crippen LogP contribution in [0, 0.1) is 4.91 Å². The van der Waals surface area contributed by atoms with Gasteiger partial charge in [0.1, 0.15) is 6.54 Å².